The van der Waals surface area contributed by atoms with Crippen molar-refractivity contribution in [1.29, 1.82) is 0 Å². The molecule has 0 saturated carbocycles. The summed E-state index contributed by atoms with van der Waals surface area (Å²) in [7, 11) is 0. The van der Waals surface area contributed by atoms with E-state index in [1.165, 1.54) is 27.8 Å². The highest BCUT2D eigenvalue weighted by atomic mass is 14.6. The molecule has 2 rings (SSSR count). The van der Waals surface area contributed by atoms with E-state index in [1.54, 1.807) is 0 Å². The third-order valence-corrected chi connectivity index (χ3v) is 2.89. The predicted octanol–water partition coefficient (Wildman–Crippen LogP) is 4.18. The van der Waals surface area contributed by atoms with Crippen LogP contribution in [0.1, 0.15) is 27.8 Å². The van der Waals surface area contributed by atoms with Crippen molar-refractivity contribution in [3.8, 4) is 0 Å². The van der Waals surface area contributed by atoms with Crippen molar-refractivity contribution in [3.05, 3.63) is 64.5 Å². The van der Waals surface area contributed by atoms with Gasteiger partial charge in [0.15, 0.2) is 0 Å². The largest absolute Gasteiger partial charge is 0.265 e. The van der Waals surface area contributed by atoms with Gasteiger partial charge in [-0.15, -0.1) is 0 Å². The van der Waals surface area contributed by atoms with E-state index in [-0.39, 0.29) is 0 Å². The minimum Gasteiger partial charge on any atom is -0.265 e. The third-order valence-electron chi connectivity index (χ3n) is 2.89. The van der Waals surface area contributed by atoms with Gasteiger partial charge >= 0.3 is 0 Å². The van der Waals surface area contributed by atoms with Crippen molar-refractivity contribution < 1.29 is 0 Å². The van der Waals surface area contributed by atoms with Crippen LogP contribution in [0.4, 0.5) is 0 Å². The lowest BCUT2D eigenvalue weighted by molar-refractivity contribution is 1.30. The fourth-order valence-corrected chi connectivity index (χ4v) is 2.11. The highest BCUT2D eigenvalue weighted by Gasteiger charge is 1.99. The summed E-state index contributed by atoms with van der Waals surface area (Å²) in [5, 5.41) is 0. The molecule has 86 valence electrons. The summed E-state index contributed by atoms with van der Waals surface area (Å²) >= 11 is 0. The van der Waals surface area contributed by atoms with Gasteiger partial charge in [-0.05, 0) is 55.2 Å². The number of rotatable bonds is 2. The maximum Gasteiger partial charge on any atom is 0.0273 e. The Morgan fingerprint density at radius 1 is 0.882 bits per heavy atom. The Morgan fingerprint density at radius 2 is 1.47 bits per heavy atom. The fourth-order valence-electron chi connectivity index (χ4n) is 2.11. The van der Waals surface area contributed by atoms with E-state index < -0.39 is 0 Å². The lowest BCUT2D eigenvalue weighted by Gasteiger charge is -2.07. The zero-order valence-corrected chi connectivity index (χ0v) is 10.6. The summed E-state index contributed by atoms with van der Waals surface area (Å²) in [4.78, 5) is 4.01. The number of aryl methyl sites for hydroxylation is 3. The van der Waals surface area contributed by atoms with Gasteiger partial charge in [0, 0.05) is 12.4 Å². The molecule has 1 nitrogen and oxygen atoms in total. The molecule has 1 heterocycles. The fraction of sp³-hybridized carbons (Fsp3) is 0.188. The molecule has 1 heteroatoms. The van der Waals surface area contributed by atoms with Gasteiger partial charge in [0.25, 0.3) is 0 Å². The van der Waals surface area contributed by atoms with Crippen LogP contribution in [0.3, 0.4) is 0 Å². The molecule has 1 aromatic carbocycles. The summed E-state index contributed by atoms with van der Waals surface area (Å²) in [6, 6.07) is 8.46. The SMILES string of the molecule is Cc1cc(C)c(/C=C/c2ccncc2)c(C)c1. The van der Waals surface area contributed by atoms with E-state index in [2.05, 4.69) is 50.0 Å². The molecule has 0 amide bonds. The Hall–Kier alpha value is -1.89. The Balaban J connectivity index is 2.34. The molecule has 1 aromatic heterocycles. The summed E-state index contributed by atoms with van der Waals surface area (Å²) in [6.45, 7) is 6.45. The van der Waals surface area contributed by atoms with Crippen LogP contribution >= 0.6 is 0 Å². The second kappa shape index (κ2) is 4.96. The molecule has 0 aliphatic rings. The molecule has 0 fully saturated rings. The zero-order chi connectivity index (χ0) is 12.3. The van der Waals surface area contributed by atoms with Crippen LogP contribution in [0.25, 0.3) is 12.2 Å². The van der Waals surface area contributed by atoms with Crippen LogP contribution in [0.2, 0.25) is 0 Å². The van der Waals surface area contributed by atoms with Crippen molar-refractivity contribution in [1.82, 2.24) is 4.98 Å². The number of hydrogen-bond acceptors (Lipinski definition) is 1. The normalized spacial score (nSPS) is 11.0. The minimum atomic E-state index is 1.18. The molecule has 0 unspecified atom stereocenters. The summed E-state index contributed by atoms with van der Waals surface area (Å²) in [6.07, 6.45) is 7.94. The maximum absolute atomic E-state index is 4.01. The van der Waals surface area contributed by atoms with E-state index in [1.807, 2.05) is 24.5 Å². The number of hydrogen-bond donors (Lipinski definition) is 0. The van der Waals surface area contributed by atoms with Crippen molar-refractivity contribution in [3.63, 3.8) is 0 Å². The van der Waals surface area contributed by atoms with Gasteiger partial charge in [-0.2, -0.15) is 0 Å². The van der Waals surface area contributed by atoms with Crippen LogP contribution in [-0.4, -0.2) is 4.98 Å². The van der Waals surface area contributed by atoms with E-state index >= 15 is 0 Å². The van der Waals surface area contributed by atoms with Gasteiger partial charge in [-0.25, -0.2) is 0 Å². The van der Waals surface area contributed by atoms with Crippen molar-refractivity contribution in [2.24, 2.45) is 0 Å². The first-order valence-corrected chi connectivity index (χ1v) is 5.83. The van der Waals surface area contributed by atoms with E-state index in [9.17, 15) is 0 Å². The minimum absolute atomic E-state index is 1.18. The summed E-state index contributed by atoms with van der Waals surface area (Å²) in [5.74, 6) is 0. The number of aromatic nitrogens is 1. The van der Waals surface area contributed by atoms with Crippen molar-refractivity contribution >= 4 is 12.2 Å². The van der Waals surface area contributed by atoms with E-state index in [4.69, 9.17) is 0 Å². The van der Waals surface area contributed by atoms with E-state index in [0.29, 0.717) is 0 Å². The van der Waals surface area contributed by atoms with Gasteiger partial charge in [-0.1, -0.05) is 29.8 Å². The van der Waals surface area contributed by atoms with Gasteiger partial charge in [0.1, 0.15) is 0 Å². The molecule has 0 atom stereocenters. The molecule has 0 saturated heterocycles. The molecule has 0 aliphatic carbocycles. The first-order chi connectivity index (χ1) is 8.16. The molecule has 17 heavy (non-hydrogen) atoms. The molecular formula is C16H17N. The average Bonchev–Trinajstić information content (AvgIpc) is 2.29. The van der Waals surface area contributed by atoms with E-state index in [0.717, 1.165) is 0 Å². The topological polar surface area (TPSA) is 12.9 Å². The first kappa shape index (κ1) is 11.6. The highest BCUT2D eigenvalue weighted by Crippen LogP contribution is 2.19. The third kappa shape index (κ3) is 2.82. The molecule has 0 radical (unpaired) electrons. The second-order valence-electron chi connectivity index (χ2n) is 4.43. The van der Waals surface area contributed by atoms with Crippen LogP contribution in [0.15, 0.2) is 36.7 Å². The maximum atomic E-state index is 4.01. The quantitative estimate of drug-likeness (QED) is 0.744. The molecule has 0 bridgehead atoms. The summed E-state index contributed by atoms with van der Waals surface area (Å²) < 4.78 is 0. The van der Waals surface area contributed by atoms with Crippen molar-refractivity contribution in [2.45, 2.75) is 20.8 Å². The Bertz CT molecular complexity index is 516. The molecular weight excluding hydrogens is 206 g/mol. The van der Waals surface area contributed by atoms with Gasteiger partial charge in [-0.3, -0.25) is 4.98 Å². The van der Waals surface area contributed by atoms with Gasteiger partial charge in [0.05, 0.1) is 0 Å². The number of nitrogens with zero attached hydrogens (tertiary/aromatic N) is 1. The van der Waals surface area contributed by atoms with Crippen LogP contribution in [-0.2, 0) is 0 Å². The van der Waals surface area contributed by atoms with Crippen LogP contribution in [0.5, 0.6) is 0 Å². The van der Waals surface area contributed by atoms with Crippen LogP contribution in [0, 0.1) is 20.8 Å². The van der Waals surface area contributed by atoms with Crippen molar-refractivity contribution in [2.75, 3.05) is 0 Å². The van der Waals surface area contributed by atoms with Crippen LogP contribution < -0.4 is 0 Å². The summed E-state index contributed by atoms with van der Waals surface area (Å²) in [5.41, 5.74) is 6.47. The predicted molar refractivity (Wildman–Crippen MR) is 73.8 cm³/mol. The average molecular weight is 223 g/mol. The Morgan fingerprint density at radius 3 is 2.06 bits per heavy atom. The second-order valence-corrected chi connectivity index (χ2v) is 4.43. The molecule has 2 aromatic rings. The lowest BCUT2D eigenvalue weighted by atomic mass is 9.99. The lowest BCUT2D eigenvalue weighted by Crippen LogP contribution is -1.88. The molecule has 0 aliphatic heterocycles. The standard InChI is InChI=1S/C16H17N/c1-12-10-13(2)16(14(3)11-12)5-4-15-6-8-17-9-7-15/h4-11H,1-3H3/b5-4+. The zero-order valence-electron chi connectivity index (χ0n) is 10.6. The van der Waals surface area contributed by atoms with Gasteiger partial charge in [0.2, 0.25) is 0 Å². The van der Waals surface area contributed by atoms with Gasteiger partial charge < -0.3 is 0 Å². The Kier molecular flexibility index (Phi) is 3.38. The smallest absolute Gasteiger partial charge is 0.0273 e. The monoisotopic (exact) mass is 223 g/mol. The Labute approximate surface area is 103 Å². The number of pyridine rings is 1. The first-order valence-electron chi connectivity index (χ1n) is 5.83. The molecule has 0 spiro atoms. The highest BCUT2D eigenvalue weighted by molar-refractivity contribution is 5.72. The number of benzene rings is 1. The molecule has 0 N–H and O–H groups in total.